The van der Waals surface area contributed by atoms with Gasteiger partial charge in [-0.2, -0.15) is 0 Å². The molecule has 4 aromatic rings. The quantitative estimate of drug-likeness (QED) is 0.206. The van der Waals surface area contributed by atoms with Crippen LogP contribution in [0.3, 0.4) is 0 Å². The number of nitrogens with two attached hydrogens (primary N) is 1. The van der Waals surface area contributed by atoms with Gasteiger partial charge in [0.25, 0.3) is 0 Å². The van der Waals surface area contributed by atoms with Crippen molar-refractivity contribution in [1.29, 1.82) is 0 Å². The van der Waals surface area contributed by atoms with E-state index in [-0.39, 0.29) is 12.2 Å². The summed E-state index contributed by atoms with van der Waals surface area (Å²) in [5.41, 5.74) is 13.7. The van der Waals surface area contributed by atoms with Gasteiger partial charge in [0.15, 0.2) is 0 Å². The lowest BCUT2D eigenvalue weighted by Crippen LogP contribution is -2.56. The lowest BCUT2D eigenvalue weighted by atomic mass is 9.92. The minimum atomic E-state index is 0.0634. The first-order valence-corrected chi connectivity index (χ1v) is 16.7. The zero-order valence-corrected chi connectivity index (χ0v) is 26.3. The molecule has 3 aliphatic heterocycles. The number of ether oxygens (including phenoxy) is 2. The summed E-state index contributed by atoms with van der Waals surface area (Å²) in [7, 11) is 0. The molecule has 2 N–H and O–H groups in total. The largest absolute Gasteiger partial charge is 0.493 e. The summed E-state index contributed by atoms with van der Waals surface area (Å²) >= 11 is 0. The van der Waals surface area contributed by atoms with Crippen LogP contribution in [0.4, 0.5) is 0 Å². The Hall–Kier alpha value is -3.68. The van der Waals surface area contributed by atoms with Crippen LogP contribution in [-0.4, -0.2) is 66.8 Å². The van der Waals surface area contributed by atoms with E-state index in [1.54, 1.807) is 0 Å². The lowest BCUT2D eigenvalue weighted by Gasteiger charge is -2.46. The summed E-state index contributed by atoms with van der Waals surface area (Å²) in [4.78, 5) is 8.01. The molecule has 0 radical (unpaired) electrons. The number of rotatable bonds is 11. The number of fused-ring (bicyclic) bond motifs is 3. The van der Waals surface area contributed by atoms with Crippen LogP contribution in [0, 0.1) is 0 Å². The molecule has 3 aliphatic rings. The Labute approximate surface area is 268 Å². The van der Waals surface area contributed by atoms with E-state index >= 15 is 0 Å². The van der Waals surface area contributed by atoms with Crippen molar-refractivity contribution in [3.8, 4) is 11.5 Å². The molecule has 6 heteroatoms. The predicted molar refractivity (Wildman–Crippen MR) is 180 cm³/mol. The van der Waals surface area contributed by atoms with Crippen molar-refractivity contribution in [2.24, 2.45) is 5.73 Å². The Morgan fingerprint density at radius 1 is 0.756 bits per heavy atom. The van der Waals surface area contributed by atoms with Crippen molar-refractivity contribution >= 4 is 0 Å². The van der Waals surface area contributed by atoms with E-state index in [0.29, 0.717) is 12.5 Å². The van der Waals surface area contributed by atoms with E-state index in [9.17, 15) is 0 Å². The first kappa shape index (κ1) is 30.0. The summed E-state index contributed by atoms with van der Waals surface area (Å²) in [5.74, 6) is 2.42. The first-order chi connectivity index (χ1) is 22.3. The topological polar surface area (TPSA) is 54.2 Å². The fourth-order valence-electron chi connectivity index (χ4n) is 7.67. The SMILES string of the molecule is NCC(N(Cc1ccccc1)CC1CCOc2ccccc21)N(CCN1CCc2ccccc2C1)C1CCOc2ccccc21. The zero-order chi connectivity index (χ0) is 30.4. The van der Waals surface area contributed by atoms with Crippen LogP contribution in [0.15, 0.2) is 103 Å². The average molecular weight is 603 g/mol. The Kier molecular flexibility index (Phi) is 9.45. The predicted octanol–water partition coefficient (Wildman–Crippen LogP) is 6.22. The molecular formula is C39H46N4O2. The van der Waals surface area contributed by atoms with Gasteiger partial charge in [-0.1, -0.05) is 91.0 Å². The molecule has 0 spiro atoms. The van der Waals surface area contributed by atoms with Crippen molar-refractivity contribution in [1.82, 2.24) is 14.7 Å². The fraction of sp³-hybridized carbons (Fsp3) is 0.385. The van der Waals surface area contributed by atoms with Gasteiger partial charge in [0, 0.05) is 69.8 Å². The van der Waals surface area contributed by atoms with E-state index in [0.717, 1.165) is 83.2 Å². The maximum atomic E-state index is 6.87. The molecule has 0 fully saturated rings. The molecule has 0 aliphatic carbocycles. The molecule has 0 bridgehead atoms. The maximum absolute atomic E-state index is 6.87. The lowest BCUT2D eigenvalue weighted by molar-refractivity contribution is -0.0123. The molecule has 234 valence electrons. The number of nitrogens with zero attached hydrogens (tertiary/aromatic N) is 3. The van der Waals surface area contributed by atoms with Crippen molar-refractivity contribution in [2.75, 3.05) is 45.9 Å². The summed E-state index contributed by atoms with van der Waals surface area (Å²) in [6.45, 7) is 7.85. The van der Waals surface area contributed by atoms with Crippen LogP contribution >= 0.6 is 0 Å². The van der Waals surface area contributed by atoms with E-state index < -0.39 is 0 Å². The minimum absolute atomic E-state index is 0.0634. The minimum Gasteiger partial charge on any atom is -0.493 e. The maximum Gasteiger partial charge on any atom is 0.124 e. The summed E-state index contributed by atoms with van der Waals surface area (Å²) in [6.07, 6.45) is 3.14. The highest BCUT2D eigenvalue weighted by molar-refractivity contribution is 5.39. The number of hydrogen-bond donors (Lipinski definition) is 1. The van der Waals surface area contributed by atoms with E-state index in [4.69, 9.17) is 15.2 Å². The summed E-state index contributed by atoms with van der Waals surface area (Å²) < 4.78 is 12.3. The molecule has 3 atom stereocenters. The first-order valence-electron chi connectivity index (χ1n) is 16.7. The highest BCUT2D eigenvalue weighted by Gasteiger charge is 2.36. The molecule has 0 amide bonds. The van der Waals surface area contributed by atoms with Gasteiger partial charge < -0.3 is 15.2 Å². The van der Waals surface area contributed by atoms with Crippen LogP contribution < -0.4 is 15.2 Å². The van der Waals surface area contributed by atoms with Gasteiger partial charge in [0.2, 0.25) is 0 Å². The summed E-state index contributed by atoms with van der Waals surface area (Å²) in [6, 6.07) is 37.3. The fourth-order valence-corrected chi connectivity index (χ4v) is 7.67. The van der Waals surface area contributed by atoms with Gasteiger partial charge in [-0.15, -0.1) is 0 Å². The molecule has 3 unspecified atom stereocenters. The Morgan fingerprint density at radius 2 is 1.42 bits per heavy atom. The molecule has 0 aromatic heterocycles. The van der Waals surface area contributed by atoms with Crippen LogP contribution in [0.2, 0.25) is 0 Å². The third-order valence-corrected chi connectivity index (χ3v) is 9.99. The van der Waals surface area contributed by atoms with E-state index in [1.165, 1.54) is 27.8 Å². The van der Waals surface area contributed by atoms with Gasteiger partial charge in [-0.3, -0.25) is 14.7 Å². The van der Waals surface area contributed by atoms with Gasteiger partial charge in [0.1, 0.15) is 11.5 Å². The number of para-hydroxylation sites is 2. The molecule has 3 heterocycles. The normalized spacial score (nSPS) is 20.1. The van der Waals surface area contributed by atoms with Crippen LogP contribution in [-0.2, 0) is 19.5 Å². The highest BCUT2D eigenvalue weighted by atomic mass is 16.5. The molecule has 4 aromatic carbocycles. The molecule has 0 saturated carbocycles. The van der Waals surface area contributed by atoms with Gasteiger partial charge >= 0.3 is 0 Å². The summed E-state index contributed by atoms with van der Waals surface area (Å²) in [5, 5.41) is 0. The Balaban J connectivity index is 1.21. The molecule has 45 heavy (non-hydrogen) atoms. The van der Waals surface area contributed by atoms with E-state index in [2.05, 4.69) is 118 Å². The second kappa shape index (κ2) is 14.2. The van der Waals surface area contributed by atoms with Crippen molar-refractivity contribution in [3.63, 3.8) is 0 Å². The van der Waals surface area contributed by atoms with Gasteiger partial charge in [-0.25, -0.2) is 0 Å². The second-order valence-corrected chi connectivity index (χ2v) is 12.7. The van der Waals surface area contributed by atoms with Crippen molar-refractivity contribution in [2.45, 2.75) is 50.5 Å². The number of hydrogen-bond acceptors (Lipinski definition) is 6. The second-order valence-electron chi connectivity index (χ2n) is 12.7. The highest BCUT2D eigenvalue weighted by Crippen LogP contribution is 2.39. The van der Waals surface area contributed by atoms with Crippen LogP contribution in [0.25, 0.3) is 0 Å². The van der Waals surface area contributed by atoms with Crippen molar-refractivity contribution in [3.05, 3.63) is 131 Å². The molecule has 6 nitrogen and oxygen atoms in total. The van der Waals surface area contributed by atoms with Crippen LogP contribution in [0.5, 0.6) is 11.5 Å². The molecule has 0 saturated heterocycles. The van der Waals surface area contributed by atoms with Gasteiger partial charge in [-0.05, 0) is 47.2 Å². The third-order valence-electron chi connectivity index (χ3n) is 9.99. The average Bonchev–Trinajstić information content (AvgIpc) is 3.10. The molecule has 7 rings (SSSR count). The Bertz CT molecular complexity index is 1550. The van der Waals surface area contributed by atoms with Crippen molar-refractivity contribution < 1.29 is 9.47 Å². The van der Waals surface area contributed by atoms with Gasteiger partial charge in [0.05, 0.1) is 19.4 Å². The number of benzene rings is 4. The smallest absolute Gasteiger partial charge is 0.124 e. The Morgan fingerprint density at radius 3 is 2.22 bits per heavy atom. The third kappa shape index (κ3) is 6.80. The van der Waals surface area contributed by atoms with Crippen LogP contribution in [0.1, 0.15) is 52.6 Å². The standard InChI is InChI=1S/C39H46N4O2/c40-26-39(42(27-30-10-2-1-3-11-30)29-33-19-24-44-37-16-8-6-14-34(33)37)43(36-20-25-45-38-17-9-7-15-35(36)38)23-22-41-21-18-31-12-4-5-13-32(31)28-41/h1-17,33,36,39H,18-29,40H2. The molecular weight excluding hydrogens is 556 g/mol. The monoisotopic (exact) mass is 602 g/mol. The van der Waals surface area contributed by atoms with E-state index in [1.807, 2.05) is 0 Å². The zero-order valence-electron chi connectivity index (χ0n) is 26.3.